The molecular weight excluding hydrogens is 202 g/mol. The first kappa shape index (κ1) is 11.9. The number of fused-ring (bicyclic) bond motifs is 2. The third-order valence-electron chi connectivity index (χ3n) is 3.72. The minimum atomic E-state index is 0.234. The van der Waals surface area contributed by atoms with Crippen molar-refractivity contribution in [2.75, 3.05) is 27.2 Å². The second-order valence-corrected chi connectivity index (χ2v) is 5.34. The van der Waals surface area contributed by atoms with Crippen LogP contribution in [0.4, 0.5) is 0 Å². The van der Waals surface area contributed by atoms with Crippen LogP contribution in [0, 0.1) is 5.92 Å². The Kier molecular flexibility index (Phi) is 3.82. The molecule has 2 saturated heterocycles. The van der Waals surface area contributed by atoms with Crippen molar-refractivity contribution in [2.24, 2.45) is 5.92 Å². The quantitative estimate of drug-likeness (QED) is 0.657. The van der Waals surface area contributed by atoms with Gasteiger partial charge in [0.1, 0.15) is 0 Å². The van der Waals surface area contributed by atoms with Crippen molar-refractivity contribution in [1.82, 2.24) is 15.5 Å². The Morgan fingerprint density at radius 1 is 1.44 bits per heavy atom. The molecule has 0 spiro atoms. The van der Waals surface area contributed by atoms with E-state index in [0.29, 0.717) is 12.1 Å². The summed E-state index contributed by atoms with van der Waals surface area (Å²) in [5, 5.41) is 6.56. The standard InChI is InChI=1S/C12H23N3O/c1-15(2)7-3-6-13-12(16)10-8-9-4-5-11(10)14-9/h9-11,14H,3-8H2,1-2H3,(H,13,16). The molecule has 4 heteroatoms. The lowest BCUT2D eigenvalue weighted by Crippen LogP contribution is -2.38. The zero-order chi connectivity index (χ0) is 11.5. The molecule has 0 aromatic rings. The fourth-order valence-electron chi connectivity index (χ4n) is 2.85. The minimum Gasteiger partial charge on any atom is -0.356 e. The first-order chi connectivity index (χ1) is 7.66. The zero-order valence-corrected chi connectivity index (χ0v) is 10.3. The molecule has 92 valence electrons. The van der Waals surface area contributed by atoms with Gasteiger partial charge >= 0.3 is 0 Å². The lowest BCUT2D eigenvalue weighted by molar-refractivity contribution is -0.125. The Labute approximate surface area is 97.8 Å². The SMILES string of the molecule is CN(C)CCCNC(=O)C1CC2CCC1N2. The molecule has 2 aliphatic heterocycles. The number of amides is 1. The number of nitrogens with one attached hydrogen (secondary N) is 2. The lowest BCUT2D eigenvalue weighted by Gasteiger charge is -2.19. The van der Waals surface area contributed by atoms with E-state index in [1.807, 2.05) is 0 Å². The van der Waals surface area contributed by atoms with Crippen LogP contribution in [0.2, 0.25) is 0 Å². The molecule has 0 aromatic carbocycles. The highest BCUT2D eigenvalue weighted by Crippen LogP contribution is 2.33. The van der Waals surface area contributed by atoms with Gasteiger partial charge in [-0.2, -0.15) is 0 Å². The van der Waals surface area contributed by atoms with E-state index in [4.69, 9.17) is 0 Å². The van der Waals surface area contributed by atoms with Crippen molar-refractivity contribution in [3.63, 3.8) is 0 Å². The number of rotatable bonds is 5. The average molecular weight is 225 g/mol. The van der Waals surface area contributed by atoms with Crippen molar-refractivity contribution in [3.8, 4) is 0 Å². The van der Waals surface area contributed by atoms with Gasteiger partial charge in [-0.25, -0.2) is 0 Å². The second kappa shape index (κ2) is 5.15. The summed E-state index contributed by atoms with van der Waals surface area (Å²) in [6.07, 6.45) is 4.52. The monoisotopic (exact) mass is 225 g/mol. The first-order valence-electron chi connectivity index (χ1n) is 6.35. The zero-order valence-electron chi connectivity index (χ0n) is 10.3. The van der Waals surface area contributed by atoms with Crippen LogP contribution in [0.15, 0.2) is 0 Å². The molecular formula is C12H23N3O. The second-order valence-electron chi connectivity index (χ2n) is 5.34. The third kappa shape index (κ3) is 2.74. The van der Waals surface area contributed by atoms with E-state index < -0.39 is 0 Å². The highest BCUT2D eigenvalue weighted by Gasteiger charge is 2.42. The van der Waals surface area contributed by atoms with Crippen LogP contribution in [-0.2, 0) is 4.79 Å². The summed E-state index contributed by atoms with van der Waals surface area (Å²) in [4.78, 5) is 14.1. The van der Waals surface area contributed by atoms with E-state index >= 15 is 0 Å². The van der Waals surface area contributed by atoms with Gasteiger partial charge in [0.05, 0.1) is 5.92 Å². The maximum atomic E-state index is 11.9. The van der Waals surface area contributed by atoms with E-state index in [0.717, 1.165) is 25.9 Å². The van der Waals surface area contributed by atoms with Gasteiger partial charge < -0.3 is 15.5 Å². The van der Waals surface area contributed by atoms with Gasteiger partial charge in [0, 0.05) is 18.6 Å². The maximum Gasteiger partial charge on any atom is 0.224 e. The first-order valence-corrected chi connectivity index (χ1v) is 6.35. The largest absolute Gasteiger partial charge is 0.356 e. The van der Waals surface area contributed by atoms with Gasteiger partial charge in [0.25, 0.3) is 0 Å². The predicted octanol–water partition coefficient (Wildman–Crippen LogP) is 0.195. The topological polar surface area (TPSA) is 44.4 Å². The van der Waals surface area contributed by atoms with E-state index in [2.05, 4.69) is 29.6 Å². The molecule has 2 heterocycles. The smallest absolute Gasteiger partial charge is 0.224 e. The van der Waals surface area contributed by atoms with Gasteiger partial charge in [-0.15, -0.1) is 0 Å². The maximum absolute atomic E-state index is 11.9. The fourth-order valence-corrected chi connectivity index (χ4v) is 2.85. The van der Waals surface area contributed by atoms with E-state index in [1.54, 1.807) is 0 Å². The van der Waals surface area contributed by atoms with Crippen molar-refractivity contribution < 1.29 is 4.79 Å². The summed E-state index contributed by atoms with van der Waals surface area (Å²) in [7, 11) is 4.11. The van der Waals surface area contributed by atoms with Crippen LogP contribution in [0.1, 0.15) is 25.7 Å². The van der Waals surface area contributed by atoms with E-state index in [-0.39, 0.29) is 11.8 Å². The van der Waals surface area contributed by atoms with Crippen molar-refractivity contribution in [1.29, 1.82) is 0 Å². The molecule has 3 unspecified atom stereocenters. The molecule has 0 aromatic heterocycles. The number of hydrogen-bond donors (Lipinski definition) is 2. The molecule has 16 heavy (non-hydrogen) atoms. The predicted molar refractivity (Wildman–Crippen MR) is 64.2 cm³/mol. The molecule has 3 atom stereocenters. The number of hydrogen-bond acceptors (Lipinski definition) is 3. The molecule has 2 aliphatic rings. The fraction of sp³-hybridized carbons (Fsp3) is 0.917. The highest BCUT2D eigenvalue weighted by molar-refractivity contribution is 5.80. The minimum absolute atomic E-state index is 0.234. The molecule has 2 fully saturated rings. The molecule has 2 rings (SSSR count). The molecule has 2 N–H and O–H groups in total. The van der Waals surface area contributed by atoms with Crippen LogP contribution >= 0.6 is 0 Å². The molecule has 0 aliphatic carbocycles. The number of nitrogens with zero attached hydrogens (tertiary/aromatic N) is 1. The van der Waals surface area contributed by atoms with Crippen LogP contribution in [0.3, 0.4) is 0 Å². The van der Waals surface area contributed by atoms with Gasteiger partial charge in [0.15, 0.2) is 0 Å². The van der Waals surface area contributed by atoms with Gasteiger partial charge in [0.2, 0.25) is 5.91 Å². The molecule has 2 bridgehead atoms. The van der Waals surface area contributed by atoms with Gasteiger partial charge in [-0.3, -0.25) is 4.79 Å². The number of carbonyl (C=O) groups is 1. The molecule has 0 radical (unpaired) electrons. The third-order valence-corrected chi connectivity index (χ3v) is 3.72. The van der Waals surface area contributed by atoms with Gasteiger partial charge in [-0.1, -0.05) is 0 Å². The Hall–Kier alpha value is -0.610. The number of carbonyl (C=O) groups excluding carboxylic acids is 1. The summed E-state index contributed by atoms with van der Waals surface area (Å²) in [5.74, 6) is 0.497. The Balaban J connectivity index is 1.65. The van der Waals surface area contributed by atoms with Crippen molar-refractivity contribution in [2.45, 2.75) is 37.8 Å². The normalized spacial score (nSPS) is 32.3. The highest BCUT2D eigenvalue weighted by atomic mass is 16.1. The van der Waals surface area contributed by atoms with Crippen LogP contribution < -0.4 is 10.6 Å². The van der Waals surface area contributed by atoms with Crippen LogP contribution in [-0.4, -0.2) is 50.1 Å². The van der Waals surface area contributed by atoms with Crippen LogP contribution in [0.5, 0.6) is 0 Å². The van der Waals surface area contributed by atoms with E-state index in [9.17, 15) is 4.79 Å². The lowest BCUT2D eigenvalue weighted by atomic mass is 9.88. The molecule has 4 nitrogen and oxygen atoms in total. The molecule has 1 amide bonds. The van der Waals surface area contributed by atoms with Crippen molar-refractivity contribution >= 4 is 5.91 Å². The average Bonchev–Trinajstić information content (AvgIpc) is 2.85. The van der Waals surface area contributed by atoms with E-state index in [1.165, 1.54) is 12.8 Å². The summed E-state index contributed by atoms with van der Waals surface area (Å²) >= 11 is 0. The molecule has 0 saturated carbocycles. The van der Waals surface area contributed by atoms with Gasteiger partial charge in [-0.05, 0) is 46.3 Å². The Bertz CT molecular complexity index is 255. The Morgan fingerprint density at radius 2 is 2.25 bits per heavy atom. The summed E-state index contributed by atoms with van der Waals surface area (Å²) in [6, 6.07) is 1.07. The summed E-state index contributed by atoms with van der Waals surface area (Å²) < 4.78 is 0. The van der Waals surface area contributed by atoms with Crippen LogP contribution in [0.25, 0.3) is 0 Å². The summed E-state index contributed by atoms with van der Waals surface area (Å²) in [6.45, 7) is 1.85. The summed E-state index contributed by atoms with van der Waals surface area (Å²) in [5.41, 5.74) is 0. The van der Waals surface area contributed by atoms with Crippen molar-refractivity contribution in [3.05, 3.63) is 0 Å². The Morgan fingerprint density at radius 3 is 2.81 bits per heavy atom.